The summed E-state index contributed by atoms with van der Waals surface area (Å²) in [7, 11) is 1.61. The Morgan fingerprint density at radius 3 is 2.75 bits per heavy atom. The molecule has 3 heterocycles. The fourth-order valence-electron chi connectivity index (χ4n) is 3.21. The lowest BCUT2D eigenvalue weighted by atomic mass is 9.89. The molecule has 0 saturated carbocycles. The Balaban J connectivity index is 1.69. The number of halogens is 1. The molecule has 2 saturated heterocycles. The molecule has 6 heteroatoms. The standard InChI is InChI=1S/C14H20ClN3O2/c1-17-14(19)13(15)11(9-16-17)18-6-4-10(5-7-18)12-3-2-8-20-12/h9-10,12H,2-8H2,1H3. The number of anilines is 1. The van der Waals surface area contributed by atoms with Crippen molar-refractivity contribution in [3.05, 3.63) is 21.6 Å². The second kappa shape index (κ2) is 5.74. The SMILES string of the molecule is Cn1ncc(N2CCC(C3CCCO3)CC2)c(Cl)c1=O. The first kappa shape index (κ1) is 13.9. The molecule has 1 unspecified atom stereocenters. The highest BCUT2D eigenvalue weighted by Gasteiger charge is 2.30. The average molecular weight is 298 g/mol. The van der Waals surface area contributed by atoms with Gasteiger partial charge in [-0.2, -0.15) is 5.10 Å². The summed E-state index contributed by atoms with van der Waals surface area (Å²) in [5, 5.41) is 4.34. The van der Waals surface area contributed by atoms with Gasteiger partial charge in [-0.15, -0.1) is 0 Å². The van der Waals surface area contributed by atoms with Crippen LogP contribution in [0.15, 0.2) is 11.0 Å². The van der Waals surface area contributed by atoms with Gasteiger partial charge in [-0.3, -0.25) is 4.79 Å². The van der Waals surface area contributed by atoms with E-state index >= 15 is 0 Å². The molecular formula is C14H20ClN3O2. The zero-order chi connectivity index (χ0) is 14.1. The summed E-state index contributed by atoms with van der Waals surface area (Å²) in [6.45, 7) is 2.74. The molecule has 1 aromatic heterocycles. The van der Waals surface area contributed by atoms with Crippen molar-refractivity contribution in [2.75, 3.05) is 24.6 Å². The van der Waals surface area contributed by atoms with Gasteiger partial charge in [-0.1, -0.05) is 11.6 Å². The van der Waals surface area contributed by atoms with Crippen LogP contribution in [0, 0.1) is 5.92 Å². The third-order valence-corrected chi connectivity index (χ3v) is 4.79. The fraction of sp³-hybridized carbons (Fsp3) is 0.714. The van der Waals surface area contributed by atoms with Gasteiger partial charge in [0.25, 0.3) is 5.56 Å². The number of aromatic nitrogens is 2. The molecule has 1 atom stereocenters. The fourth-order valence-corrected chi connectivity index (χ4v) is 3.50. The lowest BCUT2D eigenvalue weighted by Crippen LogP contribution is -2.38. The minimum atomic E-state index is -0.231. The predicted octanol–water partition coefficient (Wildman–Crippen LogP) is 1.83. The van der Waals surface area contributed by atoms with E-state index in [0.717, 1.165) is 38.2 Å². The molecule has 110 valence electrons. The minimum Gasteiger partial charge on any atom is -0.378 e. The topological polar surface area (TPSA) is 47.4 Å². The van der Waals surface area contributed by atoms with Crippen LogP contribution in [0.1, 0.15) is 25.7 Å². The first-order chi connectivity index (χ1) is 9.66. The third-order valence-electron chi connectivity index (χ3n) is 4.43. The first-order valence-corrected chi connectivity index (χ1v) is 7.63. The van der Waals surface area contributed by atoms with Gasteiger partial charge < -0.3 is 9.64 Å². The van der Waals surface area contributed by atoms with Crippen LogP contribution in [-0.2, 0) is 11.8 Å². The van der Waals surface area contributed by atoms with Crippen LogP contribution in [0.25, 0.3) is 0 Å². The smallest absolute Gasteiger partial charge is 0.287 e. The van der Waals surface area contributed by atoms with Crippen molar-refractivity contribution >= 4 is 17.3 Å². The highest BCUT2D eigenvalue weighted by molar-refractivity contribution is 6.33. The molecule has 0 bridgehead atoms. The molecule has 0 aliphatic carbocycles. The summed E-state index contributed by atoms with van der Waals surface area (Å²) in [5.74, 6) is 0.645. The summed E-state index contributed by atoms with van der Waals surface area (Å²) in [4.78, 5) is 14.0. The zero-order valence-electron chi connectivity index (χ0n) is 11.7. The number of piperidine rings is 1. The molecule has 0 spiro atoms. The van der Waals surface area contributed by atoms with E-state index in [1.807, 2.05) is 0 Å². The number of hydrogen-bond donors (Lipinski definition) is 0. The maximum Gasteiger partial charge on any atom is 0.287 e. The maximum atomic E-state index is 11.8. The lowest BCUT2D eigenvalue weighted by Gasteiger charge is -2.35. The molecule has 5 nitrogen and oxygen atoms in total. The number of aryl methyl sites for hydroxylation is 1. The highest BCUT2D eigenvalue weighted by atomic mass is 35.5. The molecule has 3 rings (SSSR count). The van der Waals surface area contributed by atoms with Crippen LogP contribution in [0.3, 0.4) is 0 Å². The van der Waals surface area contributed by atoms with Gasteiger partial charge in [0.2, 0.25) is 0 Å². The quantitative estimate of drug-likeness (QED) is 0.835. The number of nitrogens with zero attached hydrogens (tertiary/aromatic N) is 3. The Hall–Kier alpha value is -1.07. The van der Waals surface area contributed by atoms with E-state index in [9.17, 15) is 4.79 Å². The van der Waals surface area contributed by atoms with Crippen molar-refractivity contribution in [3.8, 4) is 0 Å². The second-order valence-electron chi connectivity index (χ2n) is 5.65. The lowest BCUT2D eigenvalue weighted by molar-refractivity contribution is 0.0531. The van der Waals surface area contributed by atoms with Crippen LogP contribution >= 0.6 is 11.6 Å². The molecule has 0 N–H and O–H groups in total. The highest BCUT2D eigenvalue weighted by Crippen LogP contribution is 2.32. The molecule has 20 heavy (non-hydrogen) atoms. The van der Waals surface area contributed by atoms with E-state index in [-0.39, 0.29) is 10.6 Å². The Bertz CT molecular complexity index is 532. The zero-order valence-corrected chi connectivity index (χ0v) is 12.5. The summed E-state index contributed by atoms with van der Waals surface area (Å²) >= 11 is 6.16. The van der Waals surface area contributed by atoms with E-state index in [1.54, 1.807) is 13.2 Å². The molecule has 1 aromatic rings. The van der Waals surface area contributed by atoms with Crippen molar-refractivity contribution in [2.45, 2.75) is 31.8 Å². The minimum absolute atomic E-state index is 0.231. The van der Waals surface area contributed by atoms with E-state index < -0.39 is 0 Å². The Labute approximate surface area is 123 Å². The molecule has 2 aliphatic heterocycles. The number of ether oxygens (including phenoxy) is 1. The van der Waals surface area contributed by atoms with Crippen LogP contribution in [-0.4, -0.2) is 35.6 Å². The number of rotatable bonds is 2. The van der Waals surface area contributed by atoms with Crippen LogP contribution in [0.5, 0.6) is 0 Å². The van der Waals surface area contributed by atoms with Gasteiger partial charge in [0.05, 0.1) is 18.0 Å². The van der Waals surface area contributed by atoms with Gasteiger partial charge in [0.1, 0.15) is 5.02 Å². The average Bonchev–Trinajstić information content (AvgIpc) is 3.00. The summed E-state index contributed by atoms with van der Waals surface area (Å²) in [6, 6.07) is 0. The van der Waals surface area contributed by atoms with E-state index in [2.05, 4.69) is 10.00 Å². The predicted molar refractivity (Wildman–Crippen MR) is 78.4 cm³/mol. The normalized spacial score (nSPS) is 24.3. The van der Waals surface area contributed by atoms with E-state index in [1.165, 1.54) is 17.5 Å². The van der Waals surface area contributed by atoms with Crippen LogP contribution in [0.4, 0.5) is 5.69 Å². The van der Waals surface area contributed by atoms with Gasteiger partial charge in [0, 0.05) is 26.7 Å². The van der Waals surface area contributed by atoms with Crippen molar-refractivity contribution in [2.24, 2.45) is 13.0 Å². The second-order valence-corrected chi connectivity index (χ2v) is 6.03. The van der Waals surface area contributed by atoms with Crippen molar-refractivity contribution in [1.29, 1.82) is 0 Å². The molecular weight excluding hydrogens is 278 g/mol. The summed E-state index contributed by atoms with van der Waals surface area (Å²) in [6.07, 6.45) is 6.70. The van der Waals surface area contributed by atoms with Crippen LogP contribution < -0.4 is 10.5 Å². The van der Waals surface area contributed by atoms with Gasteiger partial charge in [-0.05, 0) is 31.6 Å². The molecule has 2 aliphatic rings. The monoisotopic (exact) mass is 297 g/mol. The summed E-state index contributed by atoms with van der Waals surface area (Å²) < 4.78 is 7.05. The summed E-state index contributed by atoms with van der Waals surface area (Å²) in [5.41, 5.74) is 0.533. The van der Waals surface area contributed by atoms with E-state index in [4.69, 9.17) is 16.3 Å². The number of hydrogen-bond acceptors (Lipinski definition) is 4. The van der Waals surface area contributed by atoms with Crippen molar-refractivity contribution < 1.29 is 4.74 Å². The molecule has 0 aromatic carbocycles. The Kier molecular flexibility index (Phi) is 3.98. The van der Waals surface area contributed by atoms with Gasteiger partial charge >= 0.3 is 0 Å². The third kappa shape index (κ3) is 2.56. The van der Waals surface area contributed by atoms with E-state index in [0.29, 0.717) is 12.0 Å². The largest absolute Gasteiger partial charge is 0.378 e. The first-order valence-electron chi connectivity index (χ1n) is 7.25. The molecule has 0 amide bonds. The maximum absolute atomic E-state index is 11.8. The van der Waals surface area contributed by atoms with Crippen LogP contribution in [0.2, 0.25) is 5.02 Å². The van der Waals surface area contributed by atoms with Gasteiger partial charge in [-0.25, -0.2) is 4.68 Å². The van der Waals surface area contributed by atoms with Gasteiger partial charge in [0.15, 0.2) is 0 Å². The molecule has 0 radical (unpaired) electrons. The Morgan fingerprint density at radius 2 is 2.10 bits per heavy atom. The van der Waals surface area contributed by atoms with Crippen molar-refractivity contribution in [1.82, 2.24) is 9.78 Å². The van der Waals surface area contributed by atoms with Crippen molar-refractivity contribution in [3.63, 3.8) is 0 Å². The Morgan fingerprint density at radius 1 is 1.35 bits per heavy atom. The molecule has 2 fully saturated rings.